The van der Waals surface area contributed by atoms with Gasteiger partial charge in [-0.25, -0.2) is 4.79 Å². The van der Waals surface area contributed by atoms with Crippen molar-refractivity contribution < 1.29 is 24.3 Å². The summed E-state index contributed by atoms with van der Waals surface area (Å²) >= 11 is 4.05. The lowest BCUT2D eigenvalue weighted by atomic mass is 10.0. The van der Waals surface area contributed by atoms with Crippen LogP contribution in [0.15, 0.2) is 30.3 Å². The van der Waals surface area contributed by atoms with Crippen molar-refractivity contribution in [2.24, 2.45) is 11.7 Å². The highest BCUT2D eigenvalue weighted by Crippen LogP contribution is 2.04. The smallest absolute Gasteiger partial charge is 0.326 e. The zero-order chi connectivity index (χ0) is 22.7. The van der Waals surface area contributed by atoms with Crippen LogP contribution in [0.5, 0.6) is 0 Å². The van der Waals surface area contributed by atoms with Crippen LogP contribution in [0.2, 0.25) is 0 Å². The van der Waals surface area contributed by atoms with E-state index in [9.17, 15) is 24.3 Å². The molecule has 3 amide bonds. The second-order valence-corrected chi connectivity index (χ2v) is 7.71. The van der Waals surface area contributed by atoms with Crippen molar-refractivity contribution in [1.82, 2.24) is 16.0 Å². The SMILES string of the molecule is CC(C)CC(N)C(=O)NCC(=O)NC(CS)C(=O)NC(Cc1ccccc1)C(=O)O. The minimum absolute atomic E-state index is 0.0456. The predicted molar refractivity (Wildman–Crippen MR) is 116 cm³/mol. The maximum atomic E-state index is 12.4. The van der Waals surface area contributed by atoms with Crippen molar-refractivity contribution in [1.29, 1.82) is 0 Å². The minimum Gasteiger partial charge on any atom is -0.480 e. The lowest BCUT2D eigenvalue weighted by Crippen LogP contribution is -2.54. The van der Waals surface area contributed by atoms with Crippen molar-refractivity contribution >= 4 is 36.3 Å². The summed E-state index contributed by atoms with van der Waals surface area (Å²) in [6.07, 6.45) is 0.575. The standard InChI is InChI=1S/C20H30N4O5S/c1-12(2)8-14(21)18(26)22-10-17(25)23-16(11-30)19(27)24-15(20(28)29)9-13-6-4-3-5-7-13/h3-7,12,14-16,30H,8-11,21H2,1-2H3,(H,22,26)(H,23,25)(H,24,27)(H,28,29). The molecule has 3 unspecified atom stereocenters. The molecule has 6 N–H and O–H groups in total. The summed E-state index contributed by atoms with van der Waals surface area (Å²) in [5.74, 6) is -2.75. The summed E-state index contributed by atoms with van der Waals surface area (Å²) in [5.41, 5.74) is 6.50. The summed E-state index contributed by atoms with van der Waals surface area (Å²) in [6, 6.07) is 5.92. The van der Waals surface area contributed by atoms with Crippen LogP contribution in [0.3, 0.4) is 0 Å². The Balaban J connectivity index is 2.58. The summed E-state index contributed by atoms with van der Waals surface area (Å²) in [5, 5.41) is 16.7. The first-order valence-corrected chi connectivity index (χ1v) is 10.3. The van der Waals surface area contributed by atoms with E-state index in [1.807, 2.05) is 13.8 Å². The van der Waals surface area contributed by atoms with Crippen LogP contribution in [0, 0.1) is 5.92 Å². The number of hydrogen-bond acceptors (Lipinski definition) is 6. The quantitative estimate of drug-likeness (QED) is 0.247. The Kier molecular flexibility index (Phi) is 10.9. The second-order valence-electron chi connectivity index (χ2n) is 7.35. The fourth-order valence-corrected chi connectivity index (χ4v) is 2.93. The summed E-state index contributed by atoms with van der Waals surface area (Å²) in [7, 11) is 0. The van der Waals surface area contributed by atoms with Gasteiger partial charge in [-0.3, -0.25) is 14.4 Å². The number of carbonyl (C=O) groups excluding carboxylic acids is 3. The van der Waals surface area contributed by atoms with Gasteiger partial charge in [0.15, 0.2) is 0 Å². The molecule has 0 aliphatic rings. The fourth-order valence-electron chi connectivity index (χ4n) is 2.68. The summed E-state index contributed by atoms with van der Waals surface area (Å²) in [4.78, 5) is 47.9. The normalized spacial score (nSPS) is 13.8. The minimum atomic E-state index is -1.19. The first kappa shape index (κ1) is 25.4. The van der Waals surface area contributed by atoms with Crippen LogP contribution in [0.25, 0.3) is 0 Å². The topological polar surface area (TPSA) is 151 Å². The zero-order valence-electron chi connectivity index (χ0n) is 17.1. The maximum Gasteiger partial charge on any atom is 0.326 e. The van der Waals surface area contributed by atoms with Gasteiger partial charge in [0.25, 0.3) is 0 Å². The number of hydrogen-bond donors (Lipinski definition) is 6. The molecule has 0 spiro atoms. The monoisotopic (exact) mass is 438 g/mol. The third-order valence-corrected chi connectivity index (χ3v) is 4.58. The molecule has 1 rings (SSSR count). The van der Waals surface area contributed by atoms with Gasteiger partial charge in [-0.15, -0.1) is 0 Å². The average Bonchev–Trinajstić information content (AvgIpc) is 2.69. The van der Waals surface area contributed by atoms with Crippen molar-refractivity contribution in [2.45, 2.75) is 44.8 Å². The highest BCUT2D eigenvalue weighted by molar-refractivity contribution is 7.80. The lowest BCUT2D eigenvalue weighted by molar-refractivity contribution is -0.142. The zero-order valence-corrected chi connectivity index (χ0v) is 18.0. The molecule has 0 aliphatic heterocycles. The molecular weight excluding hydrogens is 408 g/mol. The molecule has 0 bridgehead atoms. The van der Waals surface area contributed by atoms with Crippen LogP contribution < -0.4 is 21.7 Å². The van der Waals surface area contributed by atoms with Gasteiger partial charge in [0.2, 0.25) is 17.7 Å². The molecule has 9 nitrogen and oxygen atoms in total. The van der Waals surface area contributed by atoms with Gasteiger partial charge in [-0.1, -0.05) is 44.2 Å². The van der Waals surface area contributed by atoms with Crippen LogP contribution in [-0.4, -0.2) is 59.2 Å². The molecule has 166 valence electrons. The average molecular weight is 439 g/mol. The van der Waals surface area contributed by atoms with Crippen molar-refractivity contribution in [2.75, 3.05) is 12.3 Å². The van der Waals surface area contributed by atoms with E-state index in [0.29, 0.717) is 6.42 Å². The first-order valence-electron chi connectivity index (χ1n) is 9.64. The summed E-state index contributed by atoms with van der Waals surface area (Å²) in [6.45, 7) is 3.50. The van der Waals surface area contributed by atoms with E-state index in [1.54, 1.807) is 30.3 Å². The third kappa shape index (κ3) is 9.27. The van der Waals surface area contributed by atoms with Crippen molar-refractivity contribution in [3.8, 4) is 0 Å². The molecule has 0 saturated heterocycles. The maximum absolute atomic E-state index is 12.4. The molecule has 0 heterocycles. The van der Waals surface area contributed by atoms with Gasteiger partial charge >= 0.3 is 5.97 Å². The first-order chi connectivity index (χ1) is 14.1. The van der Waals surface area contributed by atoms with E-state index in [2.05, 4.69) is 28.6 Å². The Bertz CT molecular complexity index is 729. The molecule has 10 heteroatoms. The molecule has 0 saturated carbocycles. The second kappa shape index (κ2) is 12.9. The molecule has 30 heavy (non-hydrogen) atoms. The predicted octanol–water partition coefficient (Wildman–Crippen LogP) is -0.297. The Morgan fingerprint density at radius 1 is 1.03 bits per heavy atom. The molecule has 0 fully saturated rings. The van der Waals surface area contributed by atoms with Crippen LogP contribution in [-0.2, 0) is 25.6 Å². The van der Waals surface area contributed by atoms with Crippen LogP contribution in [0.1, 0.15) is 25.8 Å². The van der Waals surface area contributed by atoms with Gasteiger partial charge < -0.3 is 26.8 Å². The van der Waals surface area contributed by atoms with Crippen LogP contribution in [0.4, 0.5) is 0 Å². The Morgan fingerprint density at radius 3 is 2.20 bits per heavy atom. The third-order valence-electron chi connectivity index (χ3n) is 4.22. The Labute approximate surface area is 181 Å². The fraction of sp³-hybridized carbons (Fsp3) is 0.500. The molecule has 0 radical (unpaired) electrons. The van der Waals surface area contributed by atoms with E-state index in [0.717, 1.165) is 5.56 Å². The number of rotatable bonds is 12. The number of aliphatic carboxylic acids is 1. The Hall–Kier alpha value is -2.59. The van der Waals surface area contributed by atoms with Crippen molar-refractivity contribution in [3.05, 3.63) is 35.9 Å². The lowest BCUT2D eigenvalue weighted by Gasteiger charge is -2.21. The molecule has 0 aromatic heterocycles. The number of thiol groups is 1. The molecule has 0 aliphatic carbocycles. The van der Waals surface area contributed by atoms with E-state index in [4.69, 9.17) is 5.73 Å². The number of amides is 3. The highest BCUT2D eigenvalue weighted by atomic mass is 32.1. The van der Waals surface area contributed by atoms with Crippen molar-refractivity contribution in [3.63, 3.8) is 0 Å². The number of carboxylic acids is 1. The van der Waals surface area contributed by atoms with E-state index >= 15 is 0 Å². The molecule has 3 atom stereocenters. The number of benzene rings is 1. The number of carbonyl (C=O) groups is 4. The highest BCUT2D eigenvalue weighted by Gasteiger charge is 2.26. The van der Waals surface area contributed by atoms with Gasteiger partial charge in [-0.05, 0) is 17.9 Å². The number of carboxylic acid groups (broad SMARTS) is 1. The molecule has 1 aromatic rings. The molecular formula is C20H30N4O5S. The van der Waals surface area contributed by atoms with E-state index in [1.165, 1.54) is 0 Å². The summed E-state index contributed by atoms with van der Waals surface area (Å²) < 4.78 is 0. The van der Waals surface area contributed by atoms with Gasteiger partial charge in [-0.2, -0.15) is 12.6 Å². The van der Waals surface area contributed by atoms with E-state index in [-0.39, 0.29) is 24.6 Å². The van der Waals surface area contributed by atoms with Gasteiger partial charge in [0, 0.05) is 12.2 Å². The van der Waals surface area contributed by atoms with Crippen LogP contribution >= 0.6 is 12.6 Å². The Morgan fingerprint density at radius 2 is 1.67 bits per heavy atom. The van der Waals surface area contributed by atoms with E-state index < -0.39 is 41.8 Å². The molecule has 1 aromatic carbocycles. The van der Waals surface area contributed by atoms with Gasteiger partial charge in [0.1, 0.15) is 12.1 Å². The largest absolute Gasteiger partial charge is 0.480 e. The number of nitrogens with one attached hydrogen (secondary N) is 3. The number of nitrogens with two attached hydrogens (primary N) is 1. The van der Waals surface area contributed by atoms with Gasteiger partial charge in [0.05, 0.1) is 12.6 Å².